The number of amides is 5. The summed E-state index contributed by atoms with van der Waals surface area (Å²) < 4.78 is 43.9. The Hall–Kier alpha value is -5.02. The number of aromatic nitrogens is 4. The number of halogens is 3. The molecule has 0 bridgehead atoms. The largest absolute Gasteiger partial charge is 0.435 e. The maximum Gasteiger partial charge on any atom is 0.387 e. The number of likely N-dealkylation sites (tertiary alicyclic amines) is 1. The molecule has 2 fully saturated rings. The van der Waals surface area contributed by atoms with Crippen molar-refractivity contribution < 1.29 is 37.1 Å². The van der Waals surface area contributed by atoms with Crippen LogP contribution in [0.25, 0.3) is 11.4 Å². The van der Waals surface area contributed by atoms with Gasteiger partial charge in [0.05, 0.1) is 5.56 Å². The molecule has 2 aliphatic heterocycles. The zero-order chi connectivity index (χ0) is 31.8. The topological polar surface area (TPSA) is 154 Å². The van der Waals surface area contributed by atoms with Crippen molar-refractivity contribution in [2.75, 3.05) is 25.0 Å². The first-order valence-corrected chi connectivity index (χ1v) is 13.7. The first kappa shape index (κ1) is 30.4. The number of benzene rings is 2. The second-order valence-corrected chi connectivity index (χ2v) is 10.8. The average molecular weight is 615 g/mol. The molecule has 0 radical (unpaired) electrons. The molecule has 0 aliphatic carbocycles. The van der Waals surface area contributed by atoms with Gasteiger partial charge >= 0.3 is 12.6 Å². The SMILES string of the molecule is CC(C)C(NC(=O)c1cc(OC(F)F)ccc1F)C(=O)N1CCC2(CC1)C(=O)N(C)C(=O)N2c1ccc(-c2nn[nH]n2)cc1. The van der Waals surface area contributed by atoms with E-state index in [-0.39, 0.29) is 25.9 Å². The molecule has 5 rings (SSSR count). The second-order valence-electron chi connectivity index (χ2n) is 10.8. The van der Waals surface area contributed by atoms with Crippen LogP contribution in [0.4, 0.5) is 23.7 Å². The number of H-pyrrole nitrogens is 1. The van der Waals surface area contributed by atoms with Gasteiger partial charge in [-0.15, -0.1) is 10.2 Å². The predicted octanol–water partition coefficient (Wildman–Crippen LogP) is 2.82. The summed E-state index contributed by atoms with van der Waals surface area (Å²) in [5.74, 6) is -3.29. The predicted molar refractivity (Wildman–Crippen MR) is 148 cm³/mol. The van der Waals surface area contributed by atoms with Gasteiger partial charge in [-0.1, -0.05) is 13.8 Å². The van der Waals surface area contributed by atoms with Crippen LogP contribution in [0.5, 0.6) is 5.75 Å². The minimum atomic E-state index is -3.17. The molecule has 2 aliphatic rings. The number of nitrogens with zero attached hydrogens (tertiary/aromatic N) is 6. The summed E-state index contributed by atoms with van der Waals surface area (Å²) in [7, 11) is 1.41. The number of aromatic amines is 1. The number of carbonyl (C=O) groups is 4. The van der Waals surface area contributed by atoms with Crippen molar-refractivity contribution in [1.29, 1.82) is 0 Å². The summed E-state index contributed by atoms with van der Waals surface area (Å²) in [4.78, 5) is 57.3. The Morgan fingerprint density at radius 2 is 1.75 bits per heavy atom. The molecule has 1 aromatic heterocycles. The van der Waals surface area contributed by atoms with Gasteiger partial charge in [0.15, 0.2) is 0 Å². The Bertz CT molecular complexity index is 1560. The molecule has 1 atom stereocenters. The van der Waals surface area contributed by atoms with Crippen molar-refractivity contribution in [2.24, 2.45) is 5.92 Å². The standard InChI is InChI=1S/C28H29F3N8O5/c1-15(2)21(32-23(40)19-14-18(44-26(30)31)8-9-20(19)29)24(41)38-12-10-28(11-13-38)25(42)37(3)27(43)39(28)17-6-4-16(5-7-17)22-33-35-36-34-22/h4-9,14-15,21,26H,10-13H2,1-3H3,(H,32,40)(H,33,34,35,36). The number of carbonyl (C=O) groups excluding carboxylic acids is 4. The van der Waals surface area contributed by atoms with E-state index < -0.39 is 65.0 Å². The number of tetrazole rings is 1. The highest BCUT2D eigenvalue weighted by atomic mass is 19.3. The molecular weight excluding hydrogens is 585 g/mol. The highest BCUT2D eigenvalue weighted by Crippen LogP contribution is 2.40. The summed E-state index contributed by atoms with van der Waals surface area (Å²) >= 11 is 0. The van der Waals surface area contributed by atoms with Crippen molar-refractivity contribution in [2.45, 2.75) is 44.9 Å². The van der Waals surface area contributed by atoms with Crippen LogP contribution in [0.3, 0.4) is 0 Å². The number of nitrogens with one attached hydrogen (secondary N) is 2. The molecular formula is C28H29F3N8O5. The third-order valence-corrected chi connectivity index (χ3v) is 7.87. The van der Waals surface area contributed by atoms with Crippen LogP contribution in [0.2, 0.25) is 0 Å². The number of likely N-dealkylation sites (N-methyl/N-ethyl adjacent to an activating group) is 1. The quantitative estimate of drug-likeness (QED) is 0.368. The van der Waals surface area contributed by atoms with E-state index in [0.717, 1.165) is 23.1 Å². The molecule has 44 heavy (non-hydrogen) atoms. The smallest absolute Gasteiger partial charge is 0.387 e. The Labute approximate surface area is 249 Å². The van der Waals surface area contributed by atoms with Gasteiger partial charge in [-0.05, 0) is 66.4 Å². The van der Waals surface area contributed by atoms with Crippen molar-refractivity contribution in [1.82, 2.24) is 35.7 Å². The number of imide groups is 1. The van der Waals surface area contributed by atoms with Crippen LogP contribution in [0.1, 0.15) is 37.0 Å². The number of piperidine rings is 1. The van der Waals surface area contributed by atoms with Crippen LogP contribution >= 0.6 is 0 Å². The van der Waals surface area contributed by atoms with Gasteiger partial charge in [0.1, 0.15) is 23.1 Å². The van der Waals surface area contributed by atoms with E-state index in [0.29, 0.717) is 17.1 Å². The van der Waals surface area contributed by atoms with Crippen molar-refractivity contribution in [3.8, 4) is 17.1 Å². The molecule has 2 aromatic carbocycles. The van der Waals surface area contributed by atoms with Crippen LogP contribution in [-0.4, -0.2) is 92.5 Å². The van der Waals surface area contributed by atoms with Crippen molar-refractivity contribution in [3.05, 3.63) is 53.8 Å². The van der Waals surface area contributed by atoms with Gasteiger partial charge in [-0.3, -0.25) is 24.2 Å². The zero-order valence-electron chi connectivity index (χ0n) is 24.0. The molecule has 16 heteroatoms. The first-order chi connectivity index (χ1) is 20.9. The number of anilines is 1. The lowest BCUT2D eigenvalue weighted by atomic mass is 9.85. The number of urea groups is 1. The molecule has 1 spiro atoms. The van der Waals surface area contributed by atoms with E-state index >= 15 is 0 Å². The number of hydrogen-bond donors (Lipinski definition) is 2. The monoisotopic (exact) mass is 614 g/mol. The summed E-state index contributed by atoms with van der Waals surface area (Å²) in [6.45, 7) is 0.393. The number of rotatable bonds is 8. The molecule has 0 saturated carbocycles. The Morgan fingerprint density at radius 1 is 1.07 bits per heavy atom. The first-order valence-electron chi connectivity index (χ1n) is 13.7. The average Bonchev–Trinajstić information content (AvgIpc) is 3.60. The van der Waals surface area contributed by atoms with E-state index in [1.165, 1.54) is 16.8 Å². The fourth-order valence-electron chi connectivity index (χ4n) is 5.55. The normalized spacial score (nSPS) is 17.1. The minimum absolute atomic E-state index is 0.0916. The molecule has 3 heterocycles. The van der Waals surface area contributed by atoms with Gasteiger partial charge in [0, 0.05) is 31.4 Å². The third kappa shape index (κ3) is 5.54. The fourth-order valence-corrected chi connectivity index (χ4v) is 5.55. The maximum atomic E-state index is 14.4. The van der Waals surface area contributed by atoms with Crippen LogP contribution in [-0.2, 0) is 9.59 Å². The Balaban J connectivity index is 1.32. The van der Waals surface area contributed by atoms with Crippen molar-refractivity contribution in [3.63, 3.8) is 0 Å². The minimum Gasteiger partial charge on any atom is -0.435 e. The Morgan fingerprint density at radius 3 is 2.34 bits per heavy atom. The van der Waals surface area contributed by atoms with Crippen molar-refractivity contribution >= 4 is 29.4 Å². The zero-order valence-corrected chi connectivity index (χ0v) is 24.0. The lowest BCUT2D eigenvalue weighted by Crippen LogP contribution is -2.60. The summed E-state index contributed by atoms with van der Waals surface area (Å²) in [5, 5.41) is 16.3. The van der Waals surface area contributed by atoms with E-state index in [1.54, 1.807) is 38.1 Å². The summed E-state index contributed by atoms with van der Waals surface area (Å²) in [6, 6.07) is 7.80. The molecule has 2 saturated heterocycles. The molecule has 2 N–H and O–H groups in total. The number of alkyl halides is 2. The van der Waals surface area contributed by atoms with E-state index in [9.17, 15) is 32.3 Å². The van der Waals surface area contributed by atoms with Gasteiger partial charge in [-0.25, -0.2) is 9.18 Å². The molecule has 1 unspecified atom stereocenters. The van der Waals surface area contributed by atoms with E-state index in [1.807, 2.05) is 0 Å². The van der Waals surface area contributed by atoms with Gasteiger partial charge in [-0.2, -0.15) is 14.0 Å². The Kier molecular flexibility index (Phi) is 8.25. The number of hydrogen-bond acceptors (Lipinski definition) is 8. The molecule has 13 nitrogen and oxygen atoms in total. The second kappa shape index (κ2) is 11.9. The van der Waals surface area contributed by atoms with Crippen LogP contribution < -0.4 is 15.0 Å². The highest BCUT2D eigenvalue weighted by molar-refractivity contribution is 6.16. The molecule has 5 amide bonds. The molecule has 3 aromatic rings. The van der Waals surface area contributed by atoms with E-state index in [2.05, 4.69) is 30.7 Å². The van der Waals surface area contributed by atoms with Gasteiger partial charge < -0.3 is 15.0 Å². The highest BCUT2D eigenvalue weighted by Gasteiger charge is 2.58. The third-order valence-electron chi connectivity index (χ3n) is 7.87. The van der Waals surface area contributed by atoms with Crippen LogP contribution in [0.15, 0.2) is 42.5 Å². The fraction of sp³-hybridized carbons (Fsp3) is 0.393. The summed E-state index contributed by atoms with van der Waals surface area (Å²) in [6.07, 6.45) is 0.251. The lowest BCUT2D eigenvalue weighted by molar-refractivity contribution is -0.139. The van der Waals surface area contributed by atoms with Gasteiger partial charge in [0.25, 0.3) is 11.8 Å². The number of ether oxygens (including phenoxy) is 1. The maximum absolute atomic E-state index is 14.4. The van der Waals surface area contributed by atoms with Crippen LogP contribution in [0, 0.1) is 11.7 Å². The summed E-state index contributed by atoms with van der Waals surface area (Å²) in [5.41, 5.74) is -0.662. The molecule has 232 valence electrons. The lowest BCUT2D eigenvalue weighted by Gasteiger charge is -2.43. The van der Waals surface area contributed by atoms with E-state index in [4.69, 9.17) is 0 Å². The van der Waals surface area contributed by atoms with Gasteiger partial charge in [0.2, 0.25) is 11.7 Å².